The lowest BCUT2D eigenvalue weighted by Crippen LogP contribution is -2.36. The van der Waals surface area contributed by atoms with Crippen LogP contribution >= 0.6 is 0 Å². The maximum absolute atomic E-state index is 12.6. The molecule has 144 valence electrons. The molecule has 27 heavy (non-hydrogen) atoms. The Hall–Kier alpha value is -2.67. The summed E-state index contributed by atoms with van der Waals surface area (Å²) in [5.41, 5.74) is 2.51. The van der Waals surface area contributed by atoms with Gasteiger partial charge in [0.05, 0.1) is 13.2 Å². The highest BCUT2D eigenvalue weighted by Crippen LogP contribution is 2.19. The number of benzene rings is 2. The lowest BCUT2D eigenvalue weighted by molar-refractivity contribution is -0.0498. The van der Waals surface area contributed by atoms with Crippen molar-refractivity contribution in [2.75, 3.05) is 38.3 Å². The van der Waals surface area contributed by atoms with Crippen molar-refractivity contribution in [1.29, 1.82) is 0 Å². The number of carbonyl (C=O) groups excluding carboxylic acids is 1. The van der Waals surface area contributed by atoms with Crippen LogP contribution in [-0.2, 0) is 11.3 Å². The number of hydrogen-bond donors (Lipinski definition) is 0. The van der Waals surface area contributed by atoms with Crippen molar-refractivity contribution in [1.82, 2.24) is 4.90 Å². The predicted octanol–water partition coefficient (Wildman–Crippen LogP) is 3.40. The minimum Gasteiger partial charge on any atom is -0.435 e. The molecule has 1 fully saturated rings. The third-order valence-corrected chi connectivity index (χ3v) is 4.41. The minimum absolute atomic E-state index is 0.0985. The van der Waals surface area contributed by atoms with E-state index in [-0.39, 0.29) is 11.7 Å². The van der Waals surface area contributed by atoms with Crippen molar-refractivity contribution in [3.8, 4) is 5.75 Å². The van der Waals surface area contributed by atoms with E-state index in [9.17, 15) is 13.6 Å². The van der Waals surface area contributed by atoms with Crippen LogP contribution in [0.4, 0.5) is 14.5 Å². The van der Waals surface area contributed by atoms with Crippen LogP contribution in [0.25, 0.3) is 0 Å². The van der Waals surface area contributed by atoms with Gasteiger partial charge in [-0.05, 0) is 42.0 Å². The van der Waals surface area contributed by atoms with Crippen LogP contribution in [-0.4, -0.2) is 50.8 Å². The van der Waals surface area contributed by atoms with Crippen LogP contribution in [0.2, 0.25) is 0 Å². The Morgan fingerprint density at radius 1 is 1.11 bits per heavy atom. The molecule has 0 unspecified atom stereocenters. The Bertz CT molecular complexity index is 745. The van der Waals surface area contributed by atoms with Crippen molar-refractivity contribution in [3.05, 3.63) is 59.7 Å². The largest absolute Gasteiger partial charge is 0.435 e. The molecule has 0 N–H and O–H groups in total. The number of amides is 1. The number of carbonyl (C=O) groups is 1. The number of halogens is 2. The number of nitrogens with zero attached hydrogens (tertiary/aromatic N) is 2. The summed E-state index contributed by atoms with van der Waals surface area (Å²) in [5, 5.41) is 0. The molecule has 0 aliphatic carbocycles. The molecule has 0 aromatic heterocycles. The Morgan fingerprint density at radius 2 is 1.74 bits per heavy atom. The van der Waals surface area contributed by atoms with E-state index in [1.165, 1.54) is 12.1 Å². The zero-order valence-electron chi connectivity index (χ0n) is 15.1. The number of ether oxygens (including phenoxy) is 2. The molecule has 3 rings (SSSR count). The van der Waals surface area contributed by atoms with Crippen molar-refractivity contribution < 1.29 is 23.0 Å². The summed E-state index contributed by atoms with van der Waals surface area (Å²) in [6.07, 6.45) is 0. The standard InChI is InChI=1S/C20H22F2N2O3/c1-23(14-15-2-8-18(9-3-15)27-20(21)22)19(25)16-4-6-17(7-5-16)24-10-12-26-13-11-24/h2-9,20H,10-14H2,1H3. The highest BCUT2D eigenvalue weighted by molar-refractivity contribution is 5.94. The van der Waals surface area contributed by atoms with Gasteiger partial charge in [-0.3, -0.25) is 4.79 Å². The molecule has 1 aliphatic heterocycles. The van der Waals surface area contributed by atoms with Gasteiger partial charge in [0.15, 0.2) is 0 Å². The van der Waals surface area contributed by atoms with E-state index < -0.39 is 6.61 Å². The third kappa shape index (κ3) is 5.17. The fourth-order valence-corrected chi connectivity index (χ4v) is 2.98. The predicted molar refractivity (Wildman–Crippen MR) is 98.3 cm³/mol. The average molecular weight is 376 g/mol. The molecule has 0 bridgehead atoms. The minimum atomic E-state index is -2.85. The molecule has 0 saturated carbocycles. The van der Waals surface area contributed by atoms with Crippen LogP contribution in [0.15, 0.2) is 48.5 Å². The molecule has 1 amide bonds. The maximum Gasteiger partial charge on any atom is 0.387 e. The first-order valence-electron chi connectivity index (χ1n) is 8.75. The fraction of sp³-hybridized carbons (Fsp3) is 0.350. The van der Waals surface area contributed by atoms with Crippen LogP contribution in [0.1, 0.15) is 15.9 Å². The lowest BCUT2D eigenvalue weighted by atomic mass is 10.1. The van der Waals surface area contributed by atoms with E-state index >= 15 is 0 Å². The molecule has 0 spiro atoms. The summed E-state index contributed by atoms with van der Waals surface area (Å²) in [6.45, 7) is 0.644. The first-order valence-corrected chi connectivity index (χ1v) is 8.75. The maximum atomic E-state index is 12.6. The van der Waals surface area contributed by atoms with Crippen LogP contribution in [0.5, 0.6) is 5.75 Å². The van der Waals surface area contributed by atoms with Gasteiger partial charge in [0, 0.05) is 37.9 Å². The third-order valence-electron chi connectivity index (χ3n) is 4.41. The molecule has 7 heteroatoms. The molecule has 1 saturated heterocycles. The van der Waals surface area contributed by atoms with Crippen LogP contribution < -0.4 is 9.64 Å². The van der Waals surface area contributed by atoms with Gasteiger partial charge >= 0.3 is 6.61 Å². The summed E-state index contributed by atoms with van der Waals surface area (Å²) in [7, 11) is 1.71. The van der Waals surface area contributed by atoms with Gasteiger partial charge in [-0.15, -0.1) is 0 Å². The Kier molecular flexibility index (Phi) is 6.24. The summed E-state index contributed by atoms with van der Waals surface area (Å²) in [4.78, 5) is 16.4. The summed E-state index contributed by atoms with van der Waals surface area (Å²) >= 11 is 0. The van der Waals surface area contributed by atoms with E-state index in [1.807, 2.05) is 24.3 Å². The number of morpholine rings is 1. The van der Waals surface area contributed by atoms with Crippen molar-refractivity contribution in [3.63, 3.8) is 0 Å². The van der Waals surface area contributed by atoms with Gasteiger partial charge in [-0.25, -0.2) is 0 Å². The summed E-state index contributed by atoms with van der Waals surface area (Å²) in [6, 6.07) is 13.8. The summed E-state index contributed by atoms with van der Waals surface area (Å²) in [5.74, 6) is -0.00198. The molecule has 2 aromatic carbocycles. The van der Waals surface area contributed by atoms with E-state index in [4.69, 9.17) is 4.74 Å². The topological polar surface area (TPSA) is 42.0 Å². The number of hydrogen-bond acceptors (Lipinski definition) is 4. The zero-order chi connectivity index (χ0) is 19.2. The van der Waals surface area contributed by atoms with Gasteiger partial charge in [0.25, 0.3) is 5.91 Å². The molecule has 0 atom stereocenters. The first-order chi connectivity index (χ1) is 13.0. The monoisotopic (exact) mass is 376 g/mol. The van der Waals surface area contributed by atoms with Crippen molar-refractivity contribution in [2.45, 2.75) is 13.2 Å². The number of rotatable bonds is 6. The highest BCUT2D eigenvalue weighted by atomic mass is 19.3. The zero-order valence-corrected chi connectivity index (χ0v) is 15.1. The Labute approximate surface area is 157 Å². The molecular formula is C20H22F2N2O3. The smallest absolute Gasteiger partial charge is 0.387 e. The van der Waals surface area contributed by atoms with Gasteiger partial charge in [-0.1, -0.05) is 12.1 Å². The van der Waals surface area contributed by atoms with E-state index in [0.717, 1.165) is 24.3 Å². The highest BCUT2D eigenvalue weighted by Gasteiger charge is 2.15. The van der Waals surface area contributed by atoms with Crippen molar-refractivity contribution >= 4 is 11.6 Å². The molecular weight excluding hydrogens is 354 g/mol. The molecule has 1 heterocycles. The van der Waals surface area contributed by atoms with Gasteiger partial charge < -0.3 is 19.3 Å². The SMILES string of the molecule is CN(Cc1ccc(OC(F)F)cc1)C(=O)c1ccc(N2CCOCC2)cc1. The van der Waals surface area contributed by atoms with Gasteiger partial charge in [0.2, 0.25) is 0 Å². The normalized spacial score (nSPS) is 14.3. The van der Waals surface area contributed by atoms with Gasteiger partial charge in [-0.2, -0.15) is 8.78 Å². The fourth-order valence-electron chi connectivity index (χ4n) is 2.98. The first kappa shape index (κ1) is 19.1. The quantitative estimate of drug-likeness (QED) is 0.775. The second-order valence-corrected chi connectivity index (χ2v) is 6.33. The Morgan fingerprint density at radius 3 is 2.33 bits per heavy atom. The lowest BCUT2D eigenvalue weighted by Gasteiger charge is -2.29. The van der Waals surface area contributed by atoms with Crippen LogP contribution in [0.3, 0.4) is 0 Å². The summed E-state index contributed by atoms with van der Waals surface area (Å²) < 4.78 is 34.1. The van der Waals surface area contributed by atoms with Crippen molar-refractivity contribution in [2.24, 2.45) is 0 Å². The number of anilines is 1. The second kappa shape index (κ2) is 8.81. The van der Waals surface area contributed by atoms with Gasteiger partial charge in [0.1, 0.15) is 5.75 Å². The van der Waals surface area contributed by atoms with Crippen LogP contribution in [0, 0.1) is 0 Å². The molecule has 0 radical (unpaired) electrons. The van der Waals surface area contributed by atoms with E-state index in [2.05, 4.69) is 9.64 Å². The van der Waals surface area contributed by atoms with E-state index in [0.29, 0.717) is 25.3 Å². The Balaban J connectivity index is 1.59. The number of alkyl halides is 2. The second-order valence-electron chi connectivity index (χ2n) is 6.33. The average Bonchev–Trinajstić information content (AvgIpc) is 2.69. The molecule has 5 nitrogen and oxygen atoms in total. The molecule has 2 aromatic rings. The molecule has 1 aliphatic rings. The van der Waals surface area contributed by atoms with E-state index in [1.54, 1.807) is 24.1 Å².